The molecule has 0 saturated carbocycles. The van der Waals surface area contributed by atoms with Crippen molar-refractivity contribution in [2.24, 2.45) is 0 Å². The zero-order chi connectivity index (χ0) is 16.8. The second-order valence-corrected chi connectivity index (χ2v) is 7.28. The van der Waals surface area contributed by atoms with Crippen molar-refractivity contribution in [1.82, 2.24) is 0 Å². The molecule has 1 nitrogen and oxygen atoms in total. The number of quaternary nitrogens is 1. The van der Waals surface area contributed by atoms with Gasteiger partial charge in [-0.2, -0.15) is 0 Å². The molecule has 0 aromatic heterocycles. The third-order valence-electron chi connectivity index (χ3n) is 5.07. The van der Waals surface area contributed by atoms with Crippen LogP contribution in [0.4, 0.5) is 0 Å². The lowest BCUT2D eigenvalue weighted by atomic mass is 10.1. The van der Waals surface area contributed by atoms with Crippen LogP contribution in [0.25, 0.3) is 0 Å². The van der Waals surface area contributed by atoms with Crippen LogP contribution in [0.15, 0.2) is 30.3 Å². The molecule has 132 valence electrons. The van der Waals surface area contributed by atoms with Gasteiger partial charge in [0.1, 0.15) is 6.54 Å². The molecule has 1 aromatic rings. The number of unbranched alkanes of at least 4 members (excludes halogenated alkanes) is 6. The van der Waals surface area contributed by atoms with E-state index in [1.54, 1.807) is 0 Å². The Hall–Kier alpha value is -0.820. The molecule has 1 aromatic carbocycles. The highest BCUT2D eigenvalue weighted by atomic mass is 15.3. The zero-order valence-electron chi connectivity index (χ0n) is 16.0. The van der Waals surface area contributed by atoms with Crippen molar-refractivity contribution < 1.29 is 4.48 Å². The van der Waals surface area contributed by atoms with Crippen molar-refractivity contribution in [3.63, 3.8) is 0 Å². The molecule has 0 aliphatic carbocycles. The first-order valence-corrected chi connectivity index (χ1v) is 10.2. The third-order valence-corrected chi connectivity index (χ3v) is 5.07. The Morgan fingerprint density at radius 3 is 1.43 bits per heavy atom. The minimum atomic E-state index is 1.23. The fourth-order valence-electron chi connectivity index (χ4n) is 3.63. The fourth-order valence-corrected chi connectivity index (χ4v) is 3.63. The smallest absolute Gasteiger partial charge is 0.104 e. The van der Waals surface area contributed by atoms with Gasteiger partial charge in [-0.05, 0) is 38.5 Å². The second-order valence-electron chi connectivity index (χ2n) is 7.28. The zero-order valence-corrected chi connectivity index (χ0v) is 16.0. The second kappa shape index (κ2) is 12.6. The van der Waals surface area contributed by atoms with Crippen molar-refractivity contribution in [2.75, 3.05) is 19.6 Å². The molecular weight excluding hydrogens is 278 g/mol. The normalized spacial score (nSPS) is 11.8. The van der Waals surface area contributed by atoms with E-state index in [1.807, 2.05) is 0 Å². The van der Waals surface area contributed by atoms with Crippen molar-refractivity contribution in [3.8, 4) is 0 Å². The first kappa shape index (κ1) is 20.2. The number of benzene rings is 1. The average molecular weight is 319 g/mol. The lowest BCUT2D eigenvalue weighted by Gasteiger charge is -2.39. The maximum Gasteiger partial charge on any atom is 0.104 e. The lowest BCUT2D eigenvalue weighted by molar-refractivity contribution is -0.941. The van der Waals surface area contributed by atoms with E-state index in [0.29, 0.717) is 0 Å². The molecule has 0 unspecified atom stereocenters. The number of rotatable bonds is 14. The van der Waals surface area contributed by atoms with Crippen LogP contribution in [-0.4, -0.2) is 24.1 Å². The summed E-state index contributed by atoms with van der Waals surface area (Å²) in [5.41, 5.74) is 1.52. The van der Waals surface area contributed by atoms with Gasteiger partial charge in [0.2, 0.25) is 0 Å². The van der Waals surface area contributed by atoms with Crippen LogP contribution in [-0.2, 0) is 6.54 Å². The Morgan fingerprint density at radius 1 is 0.609 bits per heavy atom. The summed E-state index contributed by atoms with van der Waals surface area (Å²) in [6, 6.07) is 11.2. The predicted molar refractivity (Wildman–Crippen MR) is 104 cm³/mol. The Labute approximate surface area is 145 Å². The summed E-state index contributed by atoms with van der Waals surface area (Å²) in [6.45, 7) is 12.3. The van der Waals surface area contributed by atoms with Gasteiger partial charge in [0, 0.05) is 5.56 Å². The minimum Gasteiger partial charge on any atom is -0.320 e. The summed E-state index contributed by atoms with van der Waals surface area (Å²) in [4.78, 5) is 0. The van der Waals surface area contributed by atoms with Gasteiger partial charge in [-0.25, -0.2) is 0 Å². The van der Waals surface area contributed by atoms with Crippen molar-refractivity contribution >= 4 is 0 Å². The highest BCUT2D eigenvalue weighted by molar-refractivity contribution is 5.13. The van der Waals surface area contributed by atoms with Gasteiger partial charge in [0.15, 0.2) is 0 Å². The quantitative estimate of drug-likeness (QED) is 0.269. The molecule has 0 amide bonds. The third kappa shape index (κ3) is 8.55. The van der Waals surface area contributed by atoms with Crippen LogP contribution >= 0.6 is 0 Å². The molecule has 0 aliphatic heterocycles. The van der Waals surface area contributed by atoms with Crippen LogP contribution in [0.2, 0.25) is 0 Å². The summed E-state index contributed by atoms with van der Waals surface area (Å²) in [7, 11) is 0. The van der Waals surface area contributed by atoms with Crippen molar-refractivity contribution in [2.45, 2.75) is 85.1 Å². The van der Waals surface area contributed by atoms with E-state index in [0.717, 1.165) is 0 Å². The van der Waals surface area contributed by atoms with Crippen LogP contribution in [0.3, 0.4) is 0 Å². The first-order chi connectivity index (χ1) is 11.3. The molecule has 1 rings (SSSR count). The van der Waals surface area contributed by atoms with Gasteiger partial charge in [-0.3, -0.25) is 0 Å². The molecule has 0 radical (unpaired) electrons. The molecule has 0 heterocycles. The summed E-state index contributed by atoms with van der Waals surface area (Å²) in [5.74, 6) is 0. The van der Waals surface area contributed by atoms with Gasteiger partial charge in [-0.15, -0.1) is 0 Å². The average Bonchev–Trinajstić information content (AvgIpc) is 2.56. The number of hydrogen-bond donors (Lipinski definition) is 0. The molecule has 0 fully saturated rings. The Kier molecular flexibility index (Phi) is 11.1. The molecule has 0 spiro atoms. The maximum absolute atomic E-state index is 2.33. The maximum atomic E-state index is 2.33. The van der Waals surface area contributed by atoms with Crippen LogP contribution in [0.1, 0.15) is 84.1 Å². The highest BCUT2D eigenvalue weighted by Crippen LogP contribution is 2.21. The summed E-state index contributed by atoms with van der Waals surface area (Å²) in [5, 5.41) is 0. The van der Waals surface area contributed by atoms with Gasteiger partial charge < -0.3 is 4.48 Å². The van der Waals surface area contributed by atoms with Crippen molar-refractivity contribution in [3.05, 3.63) is 35.9 Å². The van der Waals surface area contributed by atoms with E-state index < -0.39 is 0 Å². The first-order valence-electron chi connectivity index (χ1n) is 10.2. The van der Waals surface area contributed by atoms with E-state index >= 15 is 0 Å². The molecule has 1 heteroatoms. The van der Waals surface area contributed by atoms with Gasteiger partial charge in [0.05, 0.1) is 19.6 Å². The fraction of sp³-hybridized carbons (Fsp3) is 0.727. The number of nitrogens with zero attached hydrogens (tertiary/aromatic N) is 1. The monoisotopic (exact) mass is 318 g/mol. The Balaban J connectivity index is 2.79. The minimum absolute atomic E-state index is 1.23. The molecule has 0 saturated heterocycles. The van der Waals surface area contributed by atoms with Crippen molar-refractivity contribution in [1.29, 1.82) is 0 Å². The predicted octanol–water partition coefficient (Wildman–Crippen LogP) is 6.57. The largest absolute Gasteiger partial charge is 0.320 e. The van der Waals surface area contributed by atoms with E-state index in [1.165, 1.54) is 94.0 Å². The van der Waals surface area contributed by atoms with E-state index in [-0.39, 0.29) is 0 Å². The molecule has 0 aliphatic rings. The van der Waals surface area contributed by atoms with Gasteiger partial charge >= 0.3 is 0 Å². The van der Waals surface area contributed by atoms with Gasteiger partial charge in [-0.1, -0.05) is 70.4 Å². The van der Waals surface area contributed by atoms with Crippen LogP contribution < -0.4 is 0 Å². The summed E-state index contributed by atoms with van der Waals surface area (Å²) < 4.78 is 1.32. The van der Waals surface area contributed by atoms with Crippen LogP contribution in [0, 0.1) is 0 Å². The standard InChI is InChI=1S/C22H40N/c1-4-7-13-18-23(19-14-8-5-2,20-15-9-6-3)21-22-16-11-10-12-17-22/h10-12,16-17H,4-9,13-15,18-21H2,1-3H3/q+1. The SMILES string of the molecule is CCCCC[N+](CCCCC)(CCCCC)Cc1ccccc1. The molecular formula is C22H40N+. The molecule has 23 heavy (non-hydrogen) atoms. The summed E-state index contributed by atoms with van der Waals surface area (Å²) in [6.07, 6.45) is 12.3. The summed E-state index contributed by atoms with van der Waals surface area (Å²) >= 11 is 0. The Bertz CT molecular complexity index is 344. The van der Waals surface area contributed by atoms with Crippen LogP contribution in [0.5, 0.6) is 0 Å². The number of hydrogen-bond acceptors (Lipinski definition) is 0. The Morgan fingerprint density at radius 2 is 1.04 bits per heavy atom. The molecule has 0 N–H and O–H groups in total. The van der Waals surface area contributed by atoms with E-state index in [4.69, 9.17) is 0 Å². The van der Waals surface area contributed by atoms with E-state index in [2.05, 4.69) is 51.1 Å². The topological polar surface area (TPSA) is 0 Å². The molecule has 0 atom stereocenters. The molecule has 0 bridgehead atoms. The lowest BCUT2D eigenvalue weighted by Crippen LogP contribution is -2.49. The van der Waals surface area contributed by atoms with E-state index in [9.17, 15) is 0 Å². The van der Waals surface area contributed by atoms with Gasteiger partial charge in [0.25, 0.3) is 0 Å². The highest BCUT2D eigenvalue weighted by Gasteiger charge is 2.26.